The van der Waals surface area contributed by atoms with E-state index in [2.05, 4.69) is 15.3 Å². The predicted molar refractivity (Wildman–Crippen MR) is 128 cm³/mol. The minimum Gasteiger partial charge on any atom is -0.481 e. The van der Waals surface area contributed by atoms with Gasteiger partial charge in [0.2, 0.25) is 0 Å². The van der Waals surface area contributed by atoms with E-state index in [4.69, 9.17) is 0 Å². The molecule has 1 fully saturated rings. The van der Waals surface area contributed by atoms with Crippen molar-refractivity contribution in [3.63, 3.8) is 0 Å². The lowest BCUT2D eigenvalue weighted by Gasteiger charge is -2.32. The second-order valence-corrected chi connectivity index (χ2v) is 10.1. The highest BCUT2D eigenvalue weighted by Crippen LogP contribution is 2.27. The Bertz CT molecular complexity index is 1340. The molecule has 3 aromatic heterocycles. The molecule has 1 amide bonds. The van der Waals surface area contributed by atoms with Crippen LogP contribution in [0.3, 0.4) is 0 Å². The van der Waals surface area contributed by atoms with E-state index in [1.54, 1.807) is 4.90 Å². The molecule has 4 heterocycles. The zero-order valence-electron chi connectivity index (χ0n) is 19.1. The highest BCUT2D eigenvalue weighted by atomic mass is 32.1. The molecule has 34 heavy (non-hydrogen) atoms. The lowest BCUT2D eigenvalue weighted by atomic mass is 9.93. The first-order valence-electron chi connectivity index (χ1n) is 10.8. The summed E-state index contributed by atoms with van der Waals surface area (Å²) in [5, 5.41) is 14.5. The van der Waals surface area contributed by atoms with Gasteiger partial charge in [0.15, 0.2) is 11.4 Å². The van der Waals surface area contributed by atoms with Crippen molar-refractivity contribution >= 4 is 46.1 Å². The summed E-state index contributed by atoms with van der Waals surface area (Å²) in [5.41, 5.74) is 0.463. The van der Waals surface area contributed by atoms with Gasteiger partial charge in [-0.25, -0.2) is 9.97 Å². The topological polar surface area (TPSA) is 134 Å². The molecule has 3 aromatic rings. The number of amides is 1. The van der Waals surface area contributed by atoms with Crippen molar-refractivity contribution in [2.24, 2.45) is 5.92 Å². The normalized spacial score (nSPS) is 16.4. The van der Waals surface area contributed by atoms with Gasteiger partial charge in [-0.05, 0) is 25.0 Å². The average Bonchev–Trinajstić information content (AvgIpc) is 3.28. The molecule has 1 saturated heterocycles. The number of pyridine rings is 1. The van der Waals surface area contributed by atoms with E-state index in [1.807, 2.05) is 26.2 Å². The van der Waals surface area contributed by atoms with E-state index in [0.29, 0.717) is 30.8 Å². The third-order valence-electron chi connectivity index (χ3n) is 5.79. The number of carboxylic acids is 1. The maximum atomic E-state index is 12.9. The SMILES string of the molecule is CC(C)(C)c1csc(NC(=O)c2ccn3c(=O)c(C=O)c(N4CCC[C@H](C(=O)O)C4)nc3c2)n1. The van der Waals surface area contributed by atoms with Gasteiger partial charge in [0.1, 0.15) is 17.0 Å². The minimum atomic E-state index is -0.925. The molecule has 0 radical (unpaired) electrons. The number of nitrogens with one attached hydrogen (secondary N) is 1. The molecule has 178 valence electrons. The van der Waals surface area contributed by atoms with Crippen molar-refractivity contribution in [2.45, 2.75) is 39.0 Å². The fourth-order valence-electron chi connectivity index (χ4n) is 3.84. The summed E-state index contributed by atoms with van der Waals surface area (Å²) in [4.78, 5) is 59.6. The zero-order valence-corrected chi connectivity index (χ0v) is 19.9. The molecule has 0 bridgehead atoms. The molecular weight excluding hydrogens is 458 g/mol. The largest absolute Gasteiger partial charge is 0.481 e. The molecule has 2 N–H and O–H groups in total. The van der Waals surface area contributed by atoms with Crippen molar-refractivity contribution in [2.75, 3.05) is 23.3 Å². The summed E-state index contributed by atoms with van der Waals surface area (Å²) in [5.74, 6) is -1.80. The Hall–Kier alpha value is -3.60. The van der Waals surface area contributed by atoms with Gasteiger partial charge in [-0.2, -0.15) is 0 Å². The first-order valence-corrected chi connectivity index (χ1v) is 11.7. The van der Waals surface area contributed by atoms with Gasteiger partial charge in [-0.15, -0.1) is 11.3 Å². The Morgan fingerprint density at radius 3 is 2.71 bits per heavy atom. The van der Waals surface area contributed by atoms with Crippen LogP contribution in [0.2, 0.25) is 0 Å². The maximum absolute atomic E-state index is 12.9. The van der Waals surface area contributed by atoms with Crippen LogP contribution in [0.25, 0.3) is 5.65 Å². The monoisotopic (exact) mass is 483 g/mol. The van der Waals surface area contributed by atoms with Crippen molar-refractivity contribution in [3.8, 4) is 0 Å². The van der Waals surface area contributed by atoms with Gasteiger partial charge in [0.25, 0.3) is 11.5 Å². The van der Waals surface area contributed by atoms with Crippen LogP contribution in [0, 0.1) is 5.92 Å². The van der Waals surface area contributed by atoms with Crippen molar-refractivity contribution in [1.82, 2.24) is 14.4 Å². The van der Waals surface area contributed by atoms with E-state index in [-0.39, 0.29) is 34.6 Å². The van der Waals surface area contributed by atoms with Crippen LogP contribution in [-0.4, -0.2) is 50.7 Å². The summed E-state index contributed by atoms with van der Waals surface area (Å²) >= 11 is 1.33. The second kappa shape index (κ2) is 8.98. The summed E-state index contributed by atoms with van der Waals surface area (Å²) in [7, 11) is 0. The van der Waals surface area contributed by atoms with Crippen LogP contribution in [0.4, 0.5) is 10.9 Å². The molecule has 0 aromatic carbocycles. The first kappa shape index (κ1) is 23.6. The summed E-state index contributed by atoms with van der Waals surface area (Å²) in [6.45, 7) is 6.73. The Labute approximate surface area is 199 Å². The van der Waals surface area contributed by atoms with Crippen LogP contribution in [0.1, 0.15) is 60.0 Å². The van der Waals surface area contributed by atoms with Gasteiger partial charge in [-0.3, -0.25) is 28.9 Å². The maximum Gasteiger partial charge on any atom is 0.308 e. The van der Waals surface area contributed by atoms with Crippen LogP contribution >= 0.6 is 11.3 Å². The Morgan fingerprint density at radius 1 is 1.29 bits per heavy atom. The Morgan fingerprint density at radius 2 is 2.06 bits per heavy atom. The van der Waals surface area contributed by atoms with E-state index in [1.165, 1.54) is 34.1 Å². The summed E-state index contributed by atoms with van der Waals surface area (Å²) < 4.78 is 1.20. The van der Waals surface area contributed by atoms with Crippen molar-refractivity contribution in [1.29, 1.82) is 0 Å². The average molecular weight is 484 g/mol. The smallest absolute Gasteiger partial charge is 0.308 e. The van der Waals surface area contributed by atoms with Gasteiger partial charge >= 0.3 is 5.97 Å². The van der Waals surface area contributed by atoms with E-state index < -0.39 is 23.4 Å². The number of carbonyl (C=O) groups is 3. The molecular formula is C23H25N5O5S. The summed E-state index contributed by atoms with van der Waals surface area (Å²) in [6.07, 6.45) is 2.96. The molecule has 11 heteroatoms. The molecule has 10 nitrogen and oxygen atoms in total. The number of aldehydes is 1. The number of piperidine rings is 1. The second-order valence-electron chi connectivity index (χ2n) is 9.28. The molecule has 0 spiro atoms. The van der Waals surface area contributed by atoms with Gasteiger partial charge in [0.05, 0.1) is 11.6 Å². The standard InChI is InChI=1S/C23H25N5O5S/c1-23(2,3)16-12-34-22(24-16)26-19(30)13-6-8-28-17(9-13)25-18(15(11-29)20(28)31)27-7-4-5-14(10-27)21(32)33/h6,8-9,11-12,14H,4-5,7,10H2,1-3H3,(H,32,33)(H,24,26,30)/t14-/m0/s1. The van der Waals surface area contributed by atoms with Gasteiger partial charge < -0.3 is 10.0 Å². The highest BCUT2D eigenvalue weighted by Gasteiger charge is 2.29. The number of hydrogen-bond donors (Lipinski definition) is 2. The fraction of sp³-hybridized carbons (Fsp3) is 0.391. The number of carbonyl (C=O) groups excluding carboxylic acids is 2. The first-order chi connectivity index (χ1) is 16.1. The molecule has 4 rings (SSSR count). The molecule has 1 aliphatic heterocycles. The third kappa shape index (κ3) is 4.56. The lowest BCUT2D eigenvalue weighted by molar-refractivity contribution is -0.141. The highest BCUT2D eigenvalue weighted by molar-refractivity contribution is 7.14. The van der Waals surface area contributed by atoms with Crippen molar-refractivity contribution in [3.05, 3.63) is 50.9 Å². The zero-order chi connectivity index (χ0) is 24.6. The number of carboxylic acid groups (broad SMARTS) is 1. The number of fused-ring (bicyclic) bond motifs is 1. The number of nitrogens with zero attached hydrogens (tertiary/aromatic N) is 4. The van der Waals surface area contributed by atoms with Crippen LogP contribution in [-0.2, 0) is 10.2 Å². The van der Waals surface area contributed by atoms with E-state index in [9.17, 15) is 24.3 Å². The number of thiazole rings is 1. The Kier molecular flexibility index (Phi) is 6.22. The number of rotatable bonds is 5. The van der Waals surface area contributed by atoms with Gasteiger partial charge in [0, 0.05) is 35.6 Å². The number of aromatic nitrogens is 3. The molecule has 1 atom stereocenters. The molecule has 1 aliphatic rings. The number of hydrogen-bond acceptors (Lipinski definition) is 8. The van der Waals surface area contributed by atoms with E-state index >= 15 is 0 Å². The molecule has 0 unspecified atom stereocenters. The van der Waals surface area contributed by atoms with Crippen LogP contribution in [0.15, 0.2) is 28.5 Å². The number of anilines is 2. The molecule has 0 saturated carbocycles. The lowest BCUT2D eigenvalue weighted by Crippen LogP contribution is -2.41. The predicted octanol–water partition coefficient (Wildman–Crippen LogP) is 2.81. The van der Waals surface area contributed by atoms with Gasteiger partial charge in [-0.1, -0.05) is 20.8 Å². The summed E-state index contributed by atoms with van der Waals surface area (Å²) in [6, 6.07) is 2.94. The molecule has 0 aliphatic carbocycles. The van der Waals surface area contributed by atoms with Crippen LogP contribution < -0.4 is 15.8 Å². The third-order valence-corrected chi connectivity index (χ3v) is 6.55. The Balaban J connectivity index is 1.68. The number of aliphatic carboxylic acids is 1. The van der Waals surface area contributed by atoms with Crippen molar-refractivity contribution < 1.29 is 19.5 Å². The van der Waals surface area contributed by atoms with Crippen LogP contribution in [0.5, 0.6) is 0 Å². The van der Waals surface area contributed by atoms with E-state index in [0.717, 1.165) is 5.69 Å². The quantitative estimate of drug-likeness (QED) is 0.529. The minimum absolute atomic E-state index is 0.137. The fourth-order valence-corrected chi connectivity index (χ4v) is 4.77.